The molecule has 8 heteroatoms. The van der Waals surface area contributed by atoms with Crippen molar-refractivity contribution in [3.05, 3.63) is 57.4 Å². The smallest absolute Gasteiger partial charge is 0.295 e. The van der Waals surface area contributed by atoms with Gasteiger partial charge in [0.2, 0.25) is 0 Å². The molecule has 0 bridgehead atoms. The molecule has 1 aliphatic rings. The molecule has 0 spiro atoms. The standard InChI is InChI=1S/C21H25ClN4O3/c1-12-16(13(2)24-23-12)19(27)17-18(14-7-5-8-15(22)11-14)26(21(29)20(17)28)10-6-9-25(3)4/h5,7-8,11,18,27H,6,9-10H2,1-4H3,(H,23,24)/t18-/m0/s1. The van der Waals surface area contributed by atoms with Gasteiger partial charge in [-0.05, 0) is 58.6 Å². The van der Waals surface area contributed by atoms with E-state index in [1.165, 1.54) is 4.90 Å². The number of aromatic amines is 1. The van der Waals surface area contributed by atoms with Gasteiger partial charge in [0.1, 0.15) is 5.76 Å². The van der Waals surface area contributed by atoms with Gasteiger partial charge in [0.15, 0.2) is 0 Å². The fourth-order valence-corrected chi connectivity index (χ4v) is 3.92. The van der Waals surface area contributed by atoms with Gasteiger partial charge in [0.05, 0.1) is 22.9 Å². The second-order valence-corrected chi connectivity index (χ2v) is 7.95. The number of nitrogens with zero attached hydrogens (tertiary/aromatic N) is 3. The topological polar surface area (TPSA) is 89.5 Å². The van der Waals surface area contributed by atoms with E-state index in [0.29, 0.717) is 40.5 Å². The summed E-state index contributed by atoms with van der Waals surface area (Å²) >= 11 is 6.18. The Morgan fingerprint density at radius 3 is 2.62 bits per heavy atom. The van der Waals surface area contributed by atoms with E-state index in [0.717, 1.165) is 6.54 Å². The number of halogens is 1. The van der Waals surface area contributed by atoms with E-state index in [-0.39, 0.29) is 11.3 Å². The fraction of sp³-hybridized carbons (Fsp3) is 0.381. The molecule has 2 N–H and O–H groups in total. The van der Waals surface area contributed by atoms with Crippen molar-refractivity contribution in [3.8, 4) is 0 Å². The SMILES string of the molecule is Cc1n[nH]c(C)c1C(O)=C1C(=O)C(=O)N(CCCN(C)C)[C@H]1c1cccc(Cl)c1. The summed E-state index contributed by atoms with van der Waals surface area (Å²) in [5.41, 5.74) is 2.38. The van der Waals surface area contributed by atoms with Crippen molar-refractivity contribution in [1.82, 2.24) is 20.0 Å². The minimum Gasteiger partial charge on any atom is -0.507 e. The van der Waals surface area contributed by atoms with Gasteiger partial charge < -0.3 is 14.9 Å². The number of aryl methyl sites for hydroxylation is 2. The molecular weight excluding hydrogens is 392 g/mol. The van der Waals surface area contributed by atoms with Crippen LogP contribution in [0.5, 0.6) is 0 Å². The molecule has 1 saturated heterocycles. The van der Waals surface area contributed by atoms with Crippen LogP contribution in [0.25, 0.3) is 5.76 Å². The van der Waals surface area contributed by atoms with Crippen molar-refractivity contribution in [2.75, 3.05) is 27.2 Å². The first-order chi connectivity index (χ1) is 13.7. The van der Waals surface area contributed by atoms with E-state index in [4.69, 9.17) is 11.6 Å². The highest BCUT2D eigenvalue weighted by atomic mass is 35.5. The number of aliphatic hydroxyl groups is 1. The van der Waals surface area contributed by atoms with Crippen molar-refractivity contribution in [3.63, 3.8) is 0 Å². The Morgan fingerprint density at radius 1 is 1.31 bits per heavy atom. The molecule has 29 heavy (non-hydrogen) atoms. The van der Waals surface area contributed by atoms with E-state index in [1.54, 1.807) is 32.0 Å². The number of likely N-dealkylation sites (tertiary alicyclic amines) is 1. The van der Waals surface area contributed by atoms with Crippen LogP contribution in [0, 0.1) is 13.8 Å². The van der Waals surface area contributed by atoms with E-state index < -0.39 is 17.7 Å². The number of carbonyl (C=O) groups excluding carboxylic acids is 2. The van der Waals surface area contributed by atoms with Crippen LogP contribution in [-0.4, -0.2) is 64.0 Å². The molecule has 154 valence electrons. The van der Waals surface area contributed by atoms with Crippen LogP contribution in [-0.2, 0) is 9.59 Å². The van der Waals surface area contributed by atoms with Crippen molar-refractivity contribution < 1.29 is 14.7 Å². The minimum atomic E-state index is -0.704. The number of aromatic nitrogens is 2. The molecule has 1 aromatic heterocycles. The molecule has 0 aliphatic carbocycles. The van der Waals surface area contributed by atoms with Gasteiger partial charge in [-0.15, -0.1) is 0 Å². The number of H-pyrrole nitrogens is 1. The summed E-state index contributed by atoms with van der Waals surface area (Å²) in [4.78, 5) is 29.4. The van der Waals surface area contributed by atoms with Crippen LogP contribution in [0.2, 0.25) is 5.02 Å². The summed E-state index contributed by atoms with van der Waals surface area (Å²) in [6, 6.07) is 6.33. The number of benzene rings is 1. The van der Waals surface area contributed by atoms with Crippen molar-refractivity contribution in [2.45, 2.75) is 26.3 Å². The summed E-state index contributed by atoms with van der Waals surface area (Å²) in [7, 11) is 3.90. The lowest BCUT2D eigenvalue weighted by Gasteiger charge is -2.26. The maximum Gasteiger partial charge on any atom is 0.295 e. The van der Waals surface area contributed by atoms with E-state index in [2.05, 4.69) is 10.2 Å². The third-order valence-corrected chi connectivity index (χ3v) is 5.31. The second-order valence-electron chi connectivity index (χ2n) is 7.51. The summed E-state index contributed by atoms with van der Waals surface area (Å²) in [5, 5.41) is 18.5. The normalized spacial score (nSPS) is 18.8. The zero-order valence-corrected chi connectivity index (χ0v) is 17.7. The van der Waals surface area contributed by atoms with Gasteiger partial charge >= 0.3 is 0 Å². The number of amides is 1. The van der Waals surface area contributed by atoms with Crippen molar-refractivity contribution >= 4 is 29.1 Å². The second kappa shape index (κ2) is 8.39. The number of carbonyl (C=O) groups is 2. The zero-order valence-electron chi connectivity index (χ0n) is 17.0. The number of rotatable bonds is 6. The summed E-state index contributed by atoms with van der Waals surface area (Å²) in [6.07, 6.45) is 0.695. The molecule has 0 saturated carbocycles. The summed E-state index contributed by atoms with van der Waals surface area (Å²) in [5.74, 6) is -1.53. The molecular formula is C21H25ClN4O3. The van der Waals surface area contributed by atoms with Gasteiger partial charge in [-0.25, -0.2) is 0 Å². The van der Waals surface area contributed by atoms with E-state index in [1.807, 2.05) is 25.1 Å². The predicted octanol–water partition coefficient (Wildman–Crippen LogP) is 3.05. The van der Waals surface area contributed by atoms with Crippen LogP contribution in [0.3, 0.4) is 0 Å². The molecule has 0 unspecified atom stereocenters. The predicted molar refractivity (Wildman–Crippen MR) is 112 cm³/mol. The highest BCUT2D eigenvalue weighted by molar-refractivity contribution is 6.46. The molecule has 1 aliphatic heterocycles. The maximum atomic E-state index is 13.0. The lowest BCUT2D eigenvalue weighted by atomic mass is 9.94. The zero-order chi connectivity index (χ0) is 21.3. The molecule has 1 fully saturated rings. The molecule has 1 aromatic carbocycles. The average molecular weight is 417 g/mol. The molecule has 1 atom stereocenters. The lowest BCUT2D eigenvalue weighted by Crippen LogP contribution is -2.32. The lowest BCUT2D eigenvalue weighted by molar-refractivity contribution is -0.139. The maximum absolute atomic E-state index is 13.0. The third-order valence-electron chi connectivity index (χ3n) is 5.07. The number of nitrogens with one attached hydrogen (secondary N) is 1. The average Bonchev–Trinajstić information content (AvgIpc) is 3.12. The van der Waals surface area contributed by atoms with Crippen molar-refractivity contribution in [2.24, 2.45) is 0 Å². The van der Waals surface area contributed by atoms with E-state index in [9.17, 15) is 14.7 Å². The van der Waals surface area contributed by atoms with Crippen LogP contribution in [0.15, 0.2) is 29.8 Å². The fourth-order valence-electron chi connectivity index (χ4n) is 3.73. The Bertz CT molecular complexity index is 961. The first kappa shape index (κ1) is 21.1. The van der Waals surface area contributed by atoms with Crippen LogP contribution < -0.4 is 0 Å². The van der Waals surface area contributed by atoms with Gasteiger partial charge in [-0.2, -0.15) is 5.10 Å². The van der Waals surface area contributed by atoms with Gasteiger partial charge in [-0.3, -0.25) is 14.7 Å². The highest BCUT2D eigenvalue weighted by Crippen LogP contribution is 2.40. The minimum absolute atomic E-state index is 0.0646. The van der Waals surface area contributed by atoms with Crippen LogP contribution in [0.4, 0.5) is 0 Å². The summed E-state index contributed by atoms with van der Waals surface area (Å²) in [6.45, 7) is 4.65. The number of hydrogen-bond acceptors (Lipinski definition) is 5. The van der Waals surface area contributed by atoms with Gasteiger partial charge in [0.25, 0.3) is 11.7 Å². The molecule has 1 amide bonds. The number of Topliss-reactive ketones (excluding diaryl/α,β-unsaturated/α-hetero) is 1. The van der Waals surface area contributed by atoms with Crippen molar-refractivity contribution in [1.29, 1.82) is 0 Å². The largest absolute Gasteiger partial charge is 0.507 e. The first-order valence-corrected chi connectivity index (χ1v) is 9.80. The quantitative estimate of drug-likeness (QED) is 0.429. The van der Waals surface area contributed by atoms with E-state index >= 15 is 0 Å². The molecule has 2 heterocycles. The summed E-state index contributed by atoms with van der Waals surface area (Å²) < 4.78 is 0. The Kier molecular flexibility index (Phi) is 6.10. The van der Waals surface area contributed by atoms with Gasteiger partial charge in [0, 0.05) is 17.3 Å². The molecule has 0 radical (unpaired) electrons. The Hall–Kier alpha value is -2.64. The number of hydrogen-bond donors (Lipinski definition) is 2. The van der Waals surface area contributed by atoms with Gasteiger partial charge in [-0.1, -0.05) is 23.7 Å². The molecule has 3 rings (SSSR count). The van der Waals surface area contributed by atoms with Crippen LogP contribution in [0.1, 0.15) is 35.0 Å². The third kappa shape index (κ3) is 4.06. The highest BCUT2D eigenvalue weighted by Gasteiger charge is 2.46. The Morgan fingerprint density at radius 2 is 2.03 bits per heavy atom. The first-order valence-electron chi connectivity index (χ1n) is 9.43. The molecule has 7 nitrogen and oxygen atoms in total. The molecule has 2 aromatic rings. The number of ketones is 1. The number of aliphatic hydroxyl groups excluding tert-OH is 1. The Labute approximate surface area is 175 Å². The van der Waals surface area contributed by atoms with Crippen LogP contribution >= 0.6 is 11.6 Å². The Balaban J connectivity index is 2.13. The monoisotopic (exact) mass is 416 g/mol.